The number of hydrogen-bond donors (Lipinski definition) is 1. The summed E-state index contributed by atoms with van der Waals surface area (Å²) in [6, 6.07) is 6.49. The lowest BCUT2D eigenvalue weighted by Gasteiger charge is -2.35. The van der Waals surface area contributed by atoms with Crippen LogP contribution in [0, 0.1) is 0 Å². The third-order valence-electron chi connectivity index (χ3n) is 3.86. The first kappa shape index (κ1) is 17.0. The Kier molecular flexibility index (Phi) is 6.43. The molecule has 0 saturated carbocycles. The Hall–Kier alpha value is -1.36. The normalized spacial score (nSPS) is 22.5. The summed E-state index contributed by atoms with van der Waals surface area (Å²) in [6.45, 7) is 12.5. The smallest absolute Gasteiger partial charge is 0.123 e. The lowest BCUT2D eigenvalue weighted by molar-refractivity contribution is -0.0704. The third-order valence-corrected chi connectivity index (χ3v) is 3.86. The molecule has 122 valence electrons. The van der Waals surface area contributed by atoms with E-state index in [0.717, 1.165) is 38.5 Å². The van der Waals surface area contributed by atoms with Gasteiger partial charge in [0.15, 0.2) is 0 Å². The number of morpholine rings is 1. The van der Waals surface area contributed by atoms with Crippen LogP contribution in [0.3, 0.4) is 0 Å². The van der Waals surface area contributed by atoms with Gasteiger partial charge in [-0.25, -0.2) is 0 Å². The van der Waals surface area contributed by atoms with E-state index >= 15 is 0 Å². The molecule has 1 aromatic carbocycles. The van der Waals surface area contributed by atoms with Gasteiger partial charge >= 0.3 is 0 Å². The molecule has 1 saturated heterocycles. The minimum atomic E-state index is 0.299. The zero-order valence-corrected chi connectivity index (χ0v) is 14.0. The topological polar surface area (TPSA) is 33.7 Å². The van der Waals surface area contributed by atoms with E-state index in [2.05, 4.69) is 48.8 Å². The molecule has 4 nitrogen and oxygen atoms in total. The summed E-state index contributed by atoms with van der Waals surface area (Å²) in [5.41, 5.74) is 2.46. The summed E-state index contributed by atoms with van der Waals surface area (Å²) in [7, 11) is 1.73. The zero-order chi connectivity index (χ0) is 15.9. The predicted octanol–water partition coefficient (Wildman–Crippen LogP) is 2.58. The first-order valence-corrected chi connectivity index (χ1v) is 7.97. The third kappa shape index (κ3) is 4.83. The Bertz CT molecular complexity index is 480. The Balaban J connectivity index is 2.00. The highest BCUT2D eigenvalue weighted by atomic mass is 16.5. The number of ether oxygens (including phenoxy) is 2. The molecule has 2 atom stereocenters. The van der Waals surface area contributed by atoms with Crippen LogP contribution in [0.25, 0.3) is 0 Å². The molecule has 0 radical (unpaired) electrons. The molecule has 1 N–H and O–H groups in total. The monoisotopic (exact) mass is 304 g/mol. The van der Waals surface area contributed by atoms with E-state index in [1.807, 2.05) is 6.08 Å². The Labute approximate surface area is 134 Å². The predicted molar refractivity (Wildman–Crippen MR) is 90.2 cm³/mol. The lowest BCUT2D eigenvalue weighted by Crippen LogP contribution is -2.44. The molecule has 1 aromatic rings. The van der Waals surface area contributed by atoms with Crippen molar-refractivity contribution in [2.24, 2.45) is 0 Å². The fraction of sp³-hybridized carbons (Fsp3) is 0.556. The maximum atomic E-state index is 5.79. The molecule has 0 aromatic heterocycles. The summed E-state index contributed by atoms with van der Waals surface area (Å²) in [5.74, 6) is 0.948. The van der Waals surface area contributed by atoms with E-state index in [9.17, 15) is 0 Å². The largest absolute Gasteiger partial charge is 0.496 e. The molecule has 4 heteroatoms. The van der Waals surface area contributed by atoms with Gasteiger partial charge in [0.05, 0.1) is 19.3 Å². The van der Waals surface area contributed by atoms with Crippen molar-refractivity contribution in [2.45, 2.75) is 39.1 Å². The minimum Gasteiger partial charge on any atom is -0.496 e. The van der Waals surface area contributed by atoms with E-state index < -0.39 is 0 Å². The van der Waals surface area contributed by atoms with Crippen molar-refractivity contribution in [3.63, 3.8) is 0 Å². The number of nitrogens with one attached hydrogen (secondary N) is 1. The summed E-state index contributed by atoms with van der Waals surface area (Å²) in [4.78, 5) is 2.45. The van der Waals surface area contributed by atoms with E-state index in [1.165, 1.54) is 11.1 Å². The summed E-state index contributed by atoms with van der Waals surface area (Å²) >= 11 is 0. The summed E-state index contributed by atoms with van der Waals surface area (Å²) < 4.78 is 11.3. The standard InChI is InChI=1S/C18H28N2O2/c1-5-8-19-10-17-7-6-16(9-18(17)21-4)13-20-11-14(2)22-15(3)12-20/h5-7,9,14-15,19H,1,8,10-13H2,2-4H3. The number of hydrogen-bond acceptors (Lipinski definition) is 4. The molecule has 1 fully saturated rings. The number of nitrogens with zero attached hydrogens (tertiary/aromatic N) is 1. The molecule has 0 bridgehead atoms. The van der Waals surface area contributed by atoms with Crippen LogP contribution >= 0.6 is 0 Å². The fourth-order valence-corrected chi connectivity index (χ4v) is 3.01. The highest BCUT2D eigenvalue weighted by molar-refractivity contribution is 5.37. The molecule has 0 amide bonds. The molecule has 22 heavy (non-hydrogen) atoms. The second-order valence-corrected chi connectivity index (χ2v) is 6.02. The quantitative estimate of drug-likeness (QED) is 0.620. The Morgan fingerprint density at radius 2 is 2.09 bits per heavy atom. The maximum Gasteiger partial charge on any atom is 0.123 e. The van der Waals surface area contributed by atoms with Crippen molar-refractivity contribution < 1.29 is 9.47 Å². The second-order valence-electron chi connectivity index (χ2n) is 6.02. The highest BCUT2D eigenvalue weighted by Gasteiger charge is 2.22. The van der Waals surface area contributed by atoms with Crippen LogP contribution in [0.15, 0.2) is 30.9 Å². The van der Waals surface area contributed by atoms with Crippen LogP contribution < -0.4 is 10.1 Å². The van der Waals surface area contributed by atoms with Gasteiger partial charge in [0.1, 0.15) is 5.75 Å². The van der Waals surface area contributed by atoms with Gasteiger partial charge in [-0.1, -0.05) is 18.2 Å². The molecule has 2 rings (SSSR count). The van der Waals surface area contributed by atoms with Gasteiger partial charge in [-0.2, -0.15) is 0 Å². The lowest BCUT2D eigenvalue weighted by atomic mass is 10.1. The molecule has 1 aliphatic rings. The Morgan fingerprint density at radius 1 is 1.36 bits per heavy atom. The van der Waals surface area contributed by atoms with Crippen LogP contribution in [0.5, 0.6) is 5.75 Å². The van der Waals surface area contributed by atoms with Crippen molar-refractivity contribution in [1.29, 1.82) is 0 Å². The van der Waals surface area contributed by atoms with Crippen molar-refractivity contribution in [1.82, 2.24) is 10.2 Å². The SMILES string of the molecule is C=CCNCc1ccc(CN2CC(C)OC(C)C2)cc1OC. The van der Waals surface area contributed by atoms with Gasteiger partial charge in [0, 0.05) is 38.3 Å². The van der Waals surface area contributed by atoms with Crippen molar-refractivity contribution in [3.8, 4) is 5.75 Å². The second kappa shape index (κ2) is 8.32. The molecule has 2 unspecified atom stereocenters. The van der Waals surface area contributed by atoms with Gasteiger partial charge in [-0.3, -0.25) is 4.90 Å². The van der Waals surface area contributed by atoms with E-state index in [4.69, 9.17) is 9.47 Å². The number of methoxy groups -OCH3 is 1. The molecular weight excluding hydrogens is 276 g/mol. The maximum absolute atomic E-state index is 5.79. The fourth-order valence-electron chi connectivity index (χ4n) is 3.01. The molecule has 1 heterocycles. The van der Waals surface area contributed by atoms with Crippen LogP contribution in [-0.4, -0.2) is 43.9 Å². The average Bonchev–Trinajstić information content (AvgIpc) is 2.47. The van der Waals surface area contributed by atoms with Gasteiger partial charge in [0.25, 0.3) is 0 Å². The summed E-state index contributed by atoms with van der Waals surface area (Å²) in [6.07, 6.45) is 2.46. The number of rotatable bonds is 7. The minimum absolute atomic E-state index is 0.299. The molecule has 0 spiro atoms. The van der Waals surface area contributed by atoms with Gasteiger partial charge in [0.2, 0.25) is 0 Å². The van der Waals surface area contributed by atoms with Crippen LogP contribution in [0.1, 0.15) is 25.0 Å². The molecule has 0 aliphatic carbocycles. The Morgan fingerprint density at radius 3 is 2.73 bits per heavy atom. The van der Waals surface area contributed by atoms with Gasteiger partial charge in [-0.05, 0) is 25.5 Å². The summed E-state index contributed by atoms with van der Waals surface area (Å²) in [5, 5.41) is 3.31. The van der Waals surface area contributed by atoms with Crippen molar-refractivity contribution in [3.05, 3.63) is 42.0 Å². The molecular formula is C18H28N2O2. The first-order chi connectivity index (χ1) is 10.6. The van der Waals surface area contributed by atoms with Crippen LogP contribution in [0.2, 0.25) is 0 Å². The van der Waals surface area contributed by atoms with Crippen LogP contribution in [-0.2, 0) is 17.8 Å². The van der Waals surface area contributed by atoms with Gasteiger partial charge in [-0.15, -0.1) is 6.58 Å². The van der Waals surface area contributed by atoms with Crippen molar-refractivity contribution >= 4 is 0 Å². The van der Waals surface area contributed by atoms with E-state index in [1.54, 1.807) is 7.11 Å². The average molecular weight is 304 g/mol. The number of benzene rings is 1. The zero-order valence-electron chi connectivity index (χ0n) is 14.0. The van der Waals surface area contributed by atoms with E-state index in [0.29, 0.717) is 12.2 Å². The first-order valence-electron chi connectivity index (χ1n) is 7.97. The van der Waals surface area contributed by atoms with Crippen molar-refractivity contribution in [2.75, 3.05) is 26.7 Å². The van der Waals surface area contributed by atoms with E-state index in [-0.39, 0.29) is 0 Å². The van der Waals surface area contributed by atoms with Crippen LogP contribution in [0.4, 0.5) is 0 Å². The van der Waals surface area contributed by atoms with Gasteiger partial charge < -0.3 is 14.8 Å². The molecule has 1 aliphatic heterocycles. The highest BCUT2D eigenvalue weighted by Crippen LogP contribution is 2.22.